The molecule has 0 aromatic heterocycles. The summed E-state index contributed by atoms with van der Waals surface area (Å²) in [6.45, 7) is -0.139. The first-order valence-corrected chi connectivity index (χ1v) is 13.9. The maximum absolute atomic E-state index is 12.6. The standard InChI is InChI=1S/C32H34N4O9/c1-42-28(38)27(37)26(34-30(39)43-20-23-12-5-2-6-13-23)18-11-19-33-29(35-31(40)44-21-24-14-7-3-8-15-24)36-32(41)45-22-25-16-9-4-10-17-25/h2-10,12-17,26H,11,18-22H2,1H3,(H,34,39)(H2,33,35,36,40,41)/t26-/m0/s1. The van der Waals surface area contributed by atoms with E-state index in [0.717, 1.165) is 23.8 Å². The minimum absolute atomic E-state index is 0.0260. The minimum atomic E-state index is -1.27. The van der Waals surface area contributed by atoms with Gasteiger partial charge in [-0.25, -0.2) is 19.2 Å². The first-order chi connectivity index (χ1) is 21.8. The number of benzene rings is 3. The first kappa shape index (κ1) is 33.8. The van der Waals surface area contributed by atoms with E-state index in [1.54, 1.807) is 72.8 Å². The number of nitrogens with zero attached hydrogens (tertiary/aromatic N) is 1. The highest BCUT2D eigenvalue weighted by Gasteiger charge is 2.28. The smallest absolute Gasteiger partial charge is 0.414 e. The number of rotatable bonds is 13. The number of ether oxygens (including phenoxy) is 4. The third-order valence-corrected chi connectivity index (χ3v) is 6.00. The van der Waals surface area contributed by atoms with Crippen LogP contribution in [0, 0.1) is 0 Å². The number of nitrogens with one attached hydrogen (secondary N) is 3. The fourth-order valence-electron chi connectivity index (χ4n) is 3.73. The van der Waals surface area contributed by atoms with E-state index in [9.17, 15) is 24.0 Å². The number of aliphatic imine (C=N–C) groups is 1. The van der Waals surface area contributed by atoms with Gasteiger partial charge in [-0.15, -0.1) is 0 Å². The molecule has 1 atom stereocenters. The molecule has 0 radical (unpaired) electrons. The molecule has 3 aromatic carbocycles. The molecule has 0 aliphatic heterocycles. The zero-order chi connectivity index (χ0) is 32.3. The second kappa shape index (κ2) is 18.7. The van der Waals surface area contributed by atoms with E-state index in [1.807, 2.05) is 18.2 Å². The molecular formula is C32H34N4O9. The van der Waals surface area contributed by atoms with Crippen molar-refractivity contribution in [3.05, 3.63) is 108 Å². The summed E-state index contributed by atoms with van der Waals surface area (Å²) in [6, 6.07) is 25.6. The summed E-state index contributed by atoms with van der Waals surface area (Å²) < 4.78 is 20.1. The predicted octanol–water partition coefficient (Wildman–Crippen LogP) is 4.01. The summed E-state index contributed by atoms with van der Waals surface area (Å²) in [5, 5.41) is 7.11. The highest BCUT2D eigenvalue weighted by Crippen LogP contribution is 2.06. The Morgan fingerprint density at radius 3 is 1.49 bits per heavy atom. The van der Waals surface area contributed by atoms with E-state index in [4.69, 9.17) is 14.2 Å². The van der Waals surface area contributed by atoms with Crippen LogP contribution >= 0.6 is 0 Å². The van der Waals surface area contributed by atoms with Gasteiger partial charge in [-0.05, 0) is 29.5 Å². The molecule has 0 aliphatic rings. The second-order valence-corrected chi connectivity index (χ2v) is 9.36. The number of hydrogen-bond donors (Lipinski definition) is 3. The Labute approximate surface area is 259 Å². The zero-order valence-corrected chi connectivity index (χ0v) is 24.6. The normalized spacial score (nSPS) is 10.8. The van der Waals surface area contributed by atoms with Crippen molar-refractivity contribution in [1.29, 1.82) is 0 Å². The molecule has 0 saturated heterocycles. The Balaban J connectivity index is 1.59. The monoisotopic (exact) mass is 618 g/mol. The average Bonchev–Trinajstić information content (AvgIpc) is 3.07. The molecule has 0 aliphatic carbocycles. The summed E-state index contributed by atoms with van der Waals surface area (Å²) >= 11 is 0. The molecule has 13 nitrogen and oxygen atoms in total. The number of carbonyl (C=O) groups is 5. The van der Waals surface area contributed by atoms with E-state index in [2.05, 4.69) is 25.7 Å². The number of Topliss-reactive ketones (excluding diaryl/α,β-unsaturated/α-hetero) is 1. The molecule has 236 valence electrons. The molecule has 45 heavy (non-hydrogen) atoms. The number of ketones is 1. The van der Waals surface area contributed by atoms with Crippen molar-refractivity contribution < 1.29 is 42.9 Å². The zero-order valence-electron chi connectivity index (χ0n) is 24.6. The number of alkyl carbamates (subject to hydrolysis) is 3. The van der Waals surface area contributed by atoms with Gasteiger partial charge in [0.25, 0.3) is 5.78 Å². The van der Waals surface area contributed by atoms with Crippen molar-refractivity contribution in [3.63, 3.8) is 0 Å². The van der Waals surface area contributed by atoms with Gasteiger partial charge in [-0.1, -0.05) is 91.0 Å². The van der Waals surface area contributed by atoms with E-state index in [-0.39, 0.29) is 45.2 Å². The number of hydrogen-bond acceptors (Lipinski definition) is 10. The van der Waals surface area contributed by atoms with E-state index in [1.165, 1.54) is 0 Å². The predicted molar refractivity (Wildman–Crippen MR) is 162 cm³/mol. The highest BCUT2D eigenvalue weighted by molar-refractivity contribution is 6.36. The molecule has 13 heteroatoms. The SMILES string of the molecule is COC(=O)C(=O)[C@H](CCCN=C(NC(=O)OCc1ccccc1)NC(=O)OCc1ccccc1)NC(=O)OCc1ccccc1. The lowest BCUT2D eigenvalue weighted by molar-refractivity contribution is -0.152. The molecule has 0 spiro atoms. The van der Waals surface area contributed by atoms with Crippen LogP contribution in [0.4, 0.5) is 14.4 Å². The maximum atomic E-state index is 12.6. The quantitative estimate of drug-likeness (QED) is 0.0639. The molecule has 3 aromatic rings. The van der Waals surface area contributed by atoms with Crippen molar-refractivity contribution in [1.82, 2.24) is 16.0 Å². The van der Waals surface area contributed by atoms with Gasteiger partial charge in [0.1, 0.15) is 25.9 Å². The summed E-state index contributed by atoms with van der Waals surface area (Å²) in [7, 11) is 1.05. The van der Waals surface area contributed by atoms with Gasteiger partial charge in [0, 0.05) is 6.54 Å². The first-order valence-electron chi connectivity index (χ1n) is 13.9. The van der Waals surface area contributed by atoms with Gasteiger partial charge < -0.3 is 24.3 Å². The van der Waals surface area contributed by atoms with E-state index < -0.39 is 36.1 Å². The fraction of sp³-hybridized carbons (Fsp3) is 0.250. The molecule has 3 amide bonds. The fourth-order valence-corrected chi connectivity index (χ4v) is 3.73. The van der Waals surface area contributed by atoms with E-state index >= 15 is 0 Å². The van der Waals surface area contributed by atoms with Crippen LogP contribution in [0.2, 0.25) is 0 Å². The lowest BCUT2D eigenvalue weighted by Gasteiger charge is -2.16. The van der Waals surface area contributed by atoms with Crippen molar-refractivity contribution in [3.8, 4) is 0 Å². The second-order valence-electron chi connectivity index (χ2n) is 9.36. The summed E-state index contributed by atoms with van der Waals surface area (Å²) in [5.74, 6) is -2.39. The van der Waals surface area contributed by atoms with Crippen molar-refractivity contribution in [2.75, 3.05) is 13.7 Å². The van der Waals surface area contributed by atoms with Gasteiger partial charge in [-0.3, -0.25) is 20.4 Å². The Bertz CT molecular complexity index is 1380. The molecule has 0 saturated carbocycles. The number of esters is 1. The Morgan fingerprint density at radius 2 is 1.07 bits per heavy atom. The Kier molecular flexibility index (Phi) is 14.1. The van der Waals surface area contributed by atoms with Crippen LogP contribution in [-0.2, 0) is 48.4 Å². The molecular weight excluding hydrogens is 584 g/mol. The van der Waals surface area contributed by atoms with Crippen LogP contribution in [-0.4, -0.2) is 55.7 Å². The lowest BCUT2D eigenvalue weighted by atomic mass is 10.1. The van der Waals surface area contributed by atoms with Crippen LogP contribution in [0.25, 0.3) is 0 Å². The number of guanidine groups is 1. The summed E-state index contributed by atoms with van der Waals surface area (Å²) in [6.07, 6.45) is -2.58. The molecule has 0 unspecified atom stereocenters. The van der Waals surface area contributed by atoms with Gasteiger partial charge in [-0.2, -0.15) is 0 Å². The summed E-state index contributed by atoms with van der Waals surface area (Å²) in [4.78, 5) is 65.9. The van der Waals surface area contributed by atoms with Crippen LogP contribution in [0.3, 0.4) is 0 Å². The van der Waals surface area contributed by atoms with Crippen LogP contribution in [0.1, 0.15) is 29.5 Å². The maximum Gasteiger partial charge on any atom is 0.414 e. The van der Waals surface area contributed by atoms with Gasteiger partial charge in [0.2, 0.25) is 5.96 Å². The summed E-state index contributed by atoms with van der Waals surface area (Å²) in [5.41, 5.74) is 2.23. The Morgan fingerprint density at radius 1 is 0.644 bits per heavy atom. The van der Waals surface area contributed by atoms with Crippen molar-refractivity contribution in [2.45, 2.75) is 38.7 Å². The third-order valence-electron chi connectivity index (χ3n) is 6.00. The average molecular weight is 619 g/mol. The van der Waals surface area contributed by atoms with Gasteiger partial charge >= 0.3 is 24.2 Å². The molecule has 0 heterocycles. The lowest BCUT2D eigenvalue weighted by Crippen LogP contribution is -2.45. The van der Waals surface area contributed by atoms with Gasteiger partial charge in [0.15, 0.2) is 0 Å². The molecule has 3 N–H and O–H groups in total. The van der Waals surface area contributed by atoms with E-state index in [0.29, 0.717) is 0 Å². The third kappa shape index (κ3) is 13.0. The van der Waals surface area contributed by atoms with Gasteiger partial charge in [0.05, 0.1) is 7.11 Å². The van der Waals surface area contributed by atoms with Crippen LogP contribution < -0.4 is 16.0 Å². The largest absolute Gasteiger partial charge is 0.463 e. The number of carbonyl (C=O) groups excluding carboxylic acids is 5. The minimum Gasteiger partial charge on any atom is -0.463 e. The topological polar surface area (TPSA) is 171 Å². The van der Waals surface area contributed by atoms with Crippen LogP contribution in [0.5, 0.6) is 0 Å². The van der Waals surface area contributed by atoms with Crippen molar-refractivity contribution in [2.24, 2.45) is 4.99 Å². The Hall–Kier alpha value is -5.72. The molecule has 3 rings (SSSR count). The molecule has 0 bridgehead atoms. The van der Waals surface area contributed by atoms with Crippen molar-refractivity contribution >= 4 is 36.0 Å². The molecule has 0 fully saturated rings. The highest BCUT2D eigenvalue weighted by atomic mass is 16.6. The number of amides is 3. The number of methoxy groups -OCH3 is 1. The van der Waals surface area contributed by atoms with Crippen LogP contribution in [0.15, 0.2) is 96.0 Å².